The molecular weight excluding hydrogens is 412 g/mol. The van der Waals surface area contributed by atoms with Crippen molar-refractivity contribution in [1.82, 2.24) is 0 Å². The van der Waals surface area contributed by atoms with E-state index in [1.807, 2.05) is 0 Å². The predicted molar refractivity (Wildman–Crippen MR) is 109 cm³/mol. The molecule has 30 heavy (non-hydrogen) atoms. The van der Waals surface area contributed by atoms with E-state index in [0.717, 1.165) is 0 Å². The van der Waals surface area contributed by atoms with E-state index < -0.39 is 16.0 Å². The van der Waals surface area contributed by atoms with Crippen molar-refractivity contribution in [2.24, 2.45) is 0 Å². The highest BCUT2D eigenvalue weighted by Crippen LogP contribution is 2.34. The zero-order valence-electron chi connectivity index (χ0n) is 16.0. The highest BCUT2D eigenvalue weighted by molar-refractivity contribution is 7.92. The molecule has 0 radical (unpaired) electrons. The van der Waals surface area contributed by atoms with Gasteiger partial charge in [0.15, 0.2) is 0 Å². The largest absolute Gasteiger partial charge is 0.497 e. The second kappa shape index (κ2) is 8.29. The average molecular weight is 430 g/mol. The number of hydrogen-bond donors (Lipinski definition) is 3. The zero-order chi connectivity index (χ0) is 21.9. The first-order chi connectivity index (χ1) is 14.2. The fraction of sp³-hybridized carbons (Fsp3) is 0.100. The lowest BCUT2D eigenvalue weighted by atomic mass is 10.1. The number of carbonyl (C=O) groups excluding carboxylic acids is 1. The Balaban J connectivity index is 1.97. The summed E-state index contributed by atoms with van der Waals surface area (Å²) in [6.07, 6.45) is 0. The number of carboxylic acids is 1. The molecule has 1 aromatic heterocycles. The van der Waals surface area contributed by atoms with Crippen molar-refractivity contribution >= 4 is 33.3 Å². The number of hydrogen-bond acceptors (Lipinski definition) is 6. The summed E-state index contributed by atoms with van der Waals surface area (Å²) in [6.45, 7) is 1.35. The number of rotatable bonds is 7. The first-order valence-electron chi connectivity index (χ1n) is 8.61. The van der Waals surface area contributed by atoms with Crippen LogP contribution in [0.4, 0.5) is 11.4 Å². The number of benzene rings is 2. The first kappa shape index (κ1) is 20.9. The predicted octanol–water partition coefficient (Wildman–Crippen LogP) is 3.41. The molecule has 10 heteroatoms. The SMILES string of the molecule is COc1ccc(-c2ccc(C(=O)O)o2)c(NS(=O)(=O)c2ccc(NC(C)=O)cc2)c1. The number of furan rings is 1. The molecule has 1 heterocycles. The van der Waals surface area contributed by atoms with Crippen LogP contribution in [0.2, 0.25) is 0 Å². The molecule has 2 aromatic carbocycles. The highest BCUT2D eigenvalue weighted by atomic mass is 32.2. The molecule has 156 valence electrons. The number of anilines is 2. The van der Waals surface area contributed by atoms with Gasteiger partial charge in [-0.3, -0.25) is 9.52 Å². The number of ether oxygens (including phenoxy) is 1. The third-order valence-electron chi connectivity index (χ3n) is 4.04. The number of carbonyl (C=O) groups is 2. The van der Waals surface area contributed by atoms with Gasteiger partial charge in [0, 0.05) is 24.2 Å². The van der Waals surface area contributed by atoms with Gasteiger partial charge < -0.3 is 19.6 Å². The molecule has 0 aliphatic carbocycles. The van der Waals surface area contributed by atoms with E-state index in [-0.39, 0.29) is 28.0 Å². The van der Waals surface area contributed by atoms with E-state index in [1.54, 1.807) is 12.1 Å². The molecule has 0 unspecified atom stereocenters. The summed E-state index contributed by atoms with van der Waals surface area (Å²) in [5.41, 5.74) is 0.939. The molecule has 3 rings (SSSR count). The minimum atomic E-state index is -4.00. The van der Waals surface area contributed by atoms with Crippen molar-refractivity contribution in [3.8, 4) is 17.1 Å². The van der Waals surface area contributed by atoms with Crippen LogP contribution in [0.5, 0.6) is 5.75 Å². The van der Waals surface area contributed by atoms with Crippen LogP contribution in [0, 0.1) is 0 Å². The van der Waals surface area contributed by atoms with Gasteiger partial charge in [-0.05, 0) is 48.5 Å². The Morgan fingerprint density at radius 3 is 2.30 bits per heavy atom. The lowest BCUT2D eigenvalue weighted by Crippen LogP contribution is -2.14. The molecule has 3 N–H and O–H groups in total. The van der Waals surface area contributed by atoms with Crippen molar-refractivity contribution in [1.29, 1.82) is 0 Å². The van der Waals surface area contributed by atoms with Crippen LogP contribution < -0.4 is 14.8 Å². The summed E-state index contributed by atoms with van der Waals surface area (Å²) >= 11 is 0. The number of nitrogens with one attached hydrogen (secondary N) is 2. The van der Waals surface area contributed by atoms with Crippen LogP contribution in [-0.2, 0) is 14.8 Å². The number of carboxylic acid groups (broad SMARTS) is 1. The Bertz CT molecular complexity index is 1200. The lowest BCUT2D eigenvalue weighted by molar-refractivity contribution is -0.114. The van der Waals surface area contributed by atoms with Crippen molar-refractivity contribution in [2.45, 2.75) is 11.8 Å². The second-order valence-corrected chi connectivity index (χ2v) is 7.87. The Hall–Kier alpha value is -3.79. The smallest absolute Gasteiger partial charge is 0.371 e. The summed E-state index contributed by atoms with van der Waals surface area (Å²) < 4.78 is 38.7. The number of amides is 1. The van der Waals surface area contributed by atoms with E-state index in [1.165, 1.54) is 56.5 Å². The van der Waals surface area contributed by atoms with Gasteiger partial charge in [0.25, 0.3) is 10.0 Å². The van der Waals surface area contributed by atoms with Gasteiger partial charge in [0.05, 0.1) is 17.7 Å². The van der Waals surface area contributed by atoms with Gasteiger partial charge in [0.1, 0.15) is 11.5 Å². The van der Waals surface area contributed by atoms with Gasteiger partial charge in [-0.15, -0.1) is 0 Å². The number of methoxy groups -OCH3 is 1. The second-order valence-electron chi connectivity index (χ2n) is 6.19. The van der Waals surface area contributed by atoms with E-state index in [9.17, 15) is 18.0 Å². The van der Waals surface area contributed by atoms with Crippen LogP contribution in [0.15, 0.2) is 63.9 Å². The van der Waals surface area contributed by atoms with Gasteiger partial charge >= 0.3 is 5.97 Å². The standard InChI is InChI=1S/C20H18N2O7S/c1-12(23)21-13-3-6-15(7-4-13)30(26,27)22-17-11-14(28-2)5-8-16(17)18-9-10-19(29-18)20(24)25/h3-11,22H,1-2H3,(H,21,23)(H,24,25). The molecule has 0 fully saturated rings. The van der Waals surface area contributed by atoms with E-state index in [0.29, 0.717) is 17.0 Å². The average Bonchev–Trinajstić information content (AvgIpc) is 3.18. The molecule has 0 bridgehead atoms. The minimum absolute atomic E-state index is 0.0314. The molecule has 0 atom stereocenters. The first-order valence-corrected chi connectivity index (χ1v) is 10.1. The van der Waals surface area contributed by atoms with Crippen molar-refractivity contribution in [3.63, 3.8) is 0 Å². The topological polar surface area (TPSA) is 135 Å². The van der Waals surface area contributed by atoms with Crippen LogP contribution >= 0.6 is 0 Å². The molecule has 0 saturated carbocycles. The maximum Gasteiger partial charge on any atom is 0.371 e. The summed E-state index contributed by atoms with van der Waals surface area (Å²) in [4.78, 5) is 22.2. The molecule has 0 spiro atoms. The van der Waals surface area contributed by atoms with Gasteiger partial charge in [-0.2, -0.15) is 0 Å². The van der Waals surface area contributed by atoms with Gasteiger partial charge in [-0.25, -0.2) is 13.2 Å². The van der Waals surface area contributed by atoms with Crippen LogP contribution in [0.1, 0.15) is 17.5 Å². The lowest BCUT2D eigenvalue weighted by Gasteiger charge is -2.13. The molecule has 0 aliphatic rings. The van der Waals surface area contributed by atoms with Crippen molar-refractivity contribution in [2.75, 3.05) is 17.1 Å². The molecule has 0 aliphatic heterocycles. The summed E-state index contributed by atoms with van der Waals surface area (Å²) in [6, 6.07) is 13.0. The van der Waals surface area contributed by atoms with Crippen molar-refractivity contribution < 1.29 is 32.3 Å². The summed E-state index contributed by atoms with van der Waals surface area (Å²) in [5.74, 6) is -1.22. The van der Waals surface area contributed by atoms with Crippen LogP contribution in [-0.4, -0.2) is 32.5 Å². The highest BCUT2D eigenvalue weighted by Gasteiger charge is 2.20. The Labute approximate surface area is 172 Å². The summed E-state index contributed by atoms with van der Waals surface area (Å²) in [5, 5.41) is 11.6. The third-order valence-corrected chi connectivity index (χ3v) is 5.42. The monoisotopic (exact) mass is 430 g/mol. The number of sulfonamides is 1. The van der Waals surface area contributed by atoms with Crippen molar-refractivity contribution in [3.05, 3.63) is 60.4 Å². The minimum Gasteiger partial charge on any atom is -0.497 e. The molecular formula is C20H18N2O7S. The Morgan fingerprint density at radius 2 is 1.73 bits per heavy atom. The van der Waals surface area contributed by atoms with E-state index >= 15 is 0 Å². The third kappa shape index (κ3) is 4.61. The molecule has 3 aromatic rings. The normalized spacial score (nSPS) is 11.0. The fourth-order valence-corrected chi connectivity index (χ4v) is 3.74. The maximum atomic E-state index is 12.9. The van der Waals surface area contributed by atoms with Crippen LogP contribution in [0.25, 0.3) is 11.3 Å². The maximum absolute atomic E-state index is 12.9. The molecule has 1 amide bonds. The fourth-order valence-electron chi connectivity index (χ4n) is 2.67. The van der Waals surface area contributed by atoms with Crippen LogP contribution in [0.3, 0.4) is 0 Å². The molecule has 0 saturated heterocycles. The quantitative estimate of drug-likeness (QED) is 0.523. The summed E-state index contributed by atoms with van der Waals surface area (Å²) in [7, 11) is -2.57. The Morgan fingerprint density at radius 1 is 1.03 bits per heavy atom. The van der Waals surface area contributed by atoms with Gasteiger partial charge in [-0.1, -0.05) is 0 Å². The number of aromatic carboxylic acids is 1. The molecule has 9 nitrogen and oxygen atoms in total. The Kier molecular flexibility index (Phi) is 5.79. The zero-order valence-corrected chi connectivity index (χ0v) is 16.8. The van der Waals surface area contributed by atoms with E-state index in [4.69, 9.17) is 14.3 Å². The van der Waals surface area contributed by atoms with Gasteiger partial charge in [0.2, 0.25) is 11.7 Å². The van der Waals surface area contributed by atoms with E-state index in [2.05, 4.69) is 10.0 Å².